The molecule has 0 fully saturated rings. The number of hydrogen-bond acceptors (Lipinski definition) is 6. The van der Waals surface area contributed by atoms with Gasteiger partial charge < -0.3 is 4.43 Å². The molecule has 6 nitrogen and oxygen atoms in total. The third-order valence-electron chi connectivity index (χ3n) is 6.75. The predicted molar refractivity (Wildman–Crippen MR) is 148 cm³/mol. The van der Waals surface area contributed by atoms with Gasteiger partial charge in [0, 0.05) is 5.41 Å². The van der Waals surface area contributed by atoms with Crippen molar-refractivity contribution in [3.8, 4) is 0 Å². The fourth-order valence-electron chi connectivity index (χ4n) is 5.03. The number of carbonyl (C=O) groups is 1. The van der Waals surface area contributed by atoms with Crippen molar-refractivity contribution in [2.45, 2.75) is 59.3 Å². The van der Waals surface area contributed by atoms with E-state index in [0.29, 0.717) is 6.16 Å². The molecule has 2 unspecified atom stereocenters. The maximum Gasteiger partial charge on any atom is 0.319 e. The lowest BCUT2D eigenvalue weighted by Crippen LogP contribution is -2.66. The van der Waals surface area contributed by atoms with Crippen LogP contribution in [0.3, 0.4) is 0 Å². The summed E-state index contributed by atoms with van der Waals surface area (Å²) in [5.41, 5.74) is 1.29. The first kappa shape index (κ1) is 25.5. The molecule has 0 bridgehead atoms. The van der Waals surface area contributed by atoms with Crippen LogP contribution in [0.1, 0.15) is 48.5 Å². The number of aldehydes is 1. The van der Waals surface area contributed by atoms with Crippen molar-refractivity contribution >= 4 is 38.1 Å². The lowest BCUT2D eigenvalue weighted by atomic mass is 9.94. The number of benzene rings is 2. The van der Waals surface area contributed by atoms with Crippen LogP contribution >= 0.6 is 7.41 Å². The van der Waals surface area contributed by atoms with Crippen LogP contribution in [-0.4, -0.2) is 32.3 Å². The van der Waals surface area contributed by atoms with Crippen molar-refractivity contribution < 1.29 is 9.22 Å². The number of nitrogens with one attached hydrogen (secondary N) is 1. The Kier molecular flexibility index (Phi) is 6.62. The van der Waals surface area contributed by atoms with Gasteiger partial charge in [0.2, 0.25) is 13.2 Å². The summed E-state index contributed by atoms with van der Waals surface area (Å²) in [7, 11) is -5.23. The normalized spacial score (nSPS) is 23.4. The van der Waals surface area contributed by atoms with Gasteiger partial charge in [-0.2, -0.15) is 5.20 Å². The first-order valence-electron chi connectivity index (χ1n) is 12.1. The molecule has 0 amide bonds. The van der Waals surface area contributed by atoms with Gasteiger partial charge in [-0.1, -0.05) is 102 Å². The molecule has 0 saturated carbocycles. The van der Waals surface area contributed by atoms with E-state index in [9.17, 15) is 4.79 Å². The second kappa shape index (κ2) is 9.10. The molecule has 4 rings (SSSR count). The zero-order valence-electron chi connectivity index (χ0n) is 21.7. The summed E-state index contributed by atoms with van der Waals surface area (Å²) in [4.78, 5) is 11.9. The summed E-state index contributed by atoms with van der Waals surface area (Å²) in [6, 6.07) is 21.2. The van der Waals surface area contributed by atoms with E-state index in [1.807, 2.05) is 19.1 Å². The van der Waals surface area contributed by atoms with E-state index in [1.165, 1.54) is 10.4 Å². The van der Waals surface area contributed by atoms with Gasteiger partial charge >= 0.3 is 8.32 Å². The lowest BCUT2D eigenvalue weighted by molar-refractivity contribution is -0.105. The average Bonchev–Trinajstić information content (AvgIpc) is 3.32. The predicted octanol–water partition coefficient (Wildman–Crippen LogP) is 5.68. The monoisotopic (exact) mass is 507 g/mol. The van der Waals surface area contributed by atoms with E-state index in [-0.39, 0.29) is 16.2 Å². The molecule has 1 N–H and O–H groups in total. The minimum Gasteiger partial charge on any atom is -0.533 e. The minimum atomic E-state index is -2.90. The Morgan fingerprint density at radius 2 is 1.54 bits per heavy atom. The molecular weight excluding hydrogens is 471 g/mol. The zero-order valence-corrected chi connectivity index (χ0v) is 23.6. The highest BCUT2D eigenvalue weighted by Crippen LogP contribution is 2.73. The zero-order chi connectivity index (χ0) is 25.5. The van der Waals surface area contributed by atoms with Crippen LogP contribution < -0.4 is 15.6 Å². The smallest absolute Gasteiger partial charge is 0.319 e. The fourth-order valence-corrected chi connectivity index (χ4v) is 13.1. The second-order valence-corrected chi connectivity index (χ2v) is 18.8. The van der Waals surface area contributed by atoms with E-state index in [4.69, 9.17) is 9.54 Å². The molecule has 184 valence electrons. The number of nitrogens with zero attached hydrogens (tertiary/aromatic N) is 3. The number of hydrogen-bond donors (Lipinski definition) is 1. The van der Waals surface area contributed by atoms with Crippen LogP contribution in [-0.2, 0) is 9.22 Å². The van der Waals surface area contributed by atoms with Crippen LogP contribution in [0, 0.1) is 5.41 Å². The van der Waals surface area contributed by atoms with E-state index in [0.717, 1.165) is 23.2 Å². The molecule has 0 aliphatic carbocycles. The van der Waals surface area contributed by atoms with E-state index in [2.05, 4.69) is 105 Å². The number of rotatable bonds is 6. The van der Waals surface area contributed by atoms with Gasteiger partial charge in [-0.3, -0.25) is 4.79 Å². The van der Waals surface area contributed by atoms with E-state index >= 15 is 0 Å². The molecule has 8 heteroatoms. The van der Waals surface area contributed by atoms with Gasteiger partial charge in [0.05, 0.1) is 0 Å². The highest BCUT2D eigenvalue weighted by Gasteiger charge is 2.64. The summed E-state index contributed by atoms with van der Waals surface area (Å²) in [6.45, 7) is 15.2. The summed E-state index contributed by atoms with van der Waals surface area (Å²) in [5, 5.41) is 19.4. The molecule has 0 spiro atoms. The first-order valence-corrected chi connectivity index (χ1v) is 16.0. The second-order valence-electron chi connectivity index (χ2n) is 11.3. The average molecular weight is 508 g/mol. The molecule has 35 heavy (non-hydrogen) atoms. The minimum absolute atomic E-state index is 0.201. The number of allylic oxidation sites excluding steroid dienone is 1. The number of azo groups is 1. The Hall–Kier alpha value is -2.63. The van der Waals surface area contributed by atoms with Gasteiger partial charge in [0.25, 0.3) is 5.44 Å². The van der Waals surface area contributed by atoms with E-state index in [1.54, 1.807) is 0 Å². The molecule has 0 aromatic heterocycles. The van der Waals surface area contributed by atoms with Crippen molar-refractivity contribution in [3.05, 3.63) is 71.9 Å². The third-order valence-corrected chi connectivity index (χ3v) is 15.2. The SMILES string of the molecule is CC1=NN[P+]2(CC=O)/C(=C(/O[Si](c3ccccc3)(c3ccccc3)C(C)(C)C)C(C)(C)C)N=NC12. The highest BCUT2D eigenvalue weighted by molar-refractivity contribution is 7.80. The summed E-state index contributed by atoms with van der Waals surface area (Å²) < 4.78 is 7.52. The maximum atomic E-state index is 11.9. The Morgan fingerprint density at radius 3 is 2.00 bits per heavy atom. The third kappa shape index (κ3) is 4.19. The summed E-state index contributed by atoms with van der Waals surface area (Å²) in [5.74, 6) is 0.605. The Bertz CT molecular complexity index is 1140. The molecule has 2 atom stereocenters. The topological polar surface area (TPSA) is 75.4 Å². The molecule has 0 radical (unpaired) electrons. The van der Waals surface area contributed by atoms with Crippen LogP contribution in [0.15, 0.2) is 87.2 Å². The number of fused-ring (bicyclic) bond motifs is 1. The van der Waals surface area contributed by atoms with Crippen LogP contribution in [0.4, 0.5) is 0 Å². The quantitative estimate of drug-likeness (QED) is 0.237. The molecule has 2 aromatic rings. The fraction of sp³-hybridized carbons (Fsp3) is 0.407. The van der Waals surface area contributed by atoms with Gasteiger partial charge in [0.15, 0.2) is 12.0 Å². The Labute approximate surface area is 210 Å². The maximum absolute atomic E-state index is 11.9. The molecule has 2 aromatic carbocycles. The van der Waals surface area contributed by atoms with Crippen LogP contribution in [0.2, 0.25) is 5.04 Å². The Balaban J connectivity index is 2.02. The molecule has 0 saturated heterocycles. The number of carbonyl (C=O) groups excluding carboxylic acids is 1. The lowest BCUT2D eigenvalue weighted by Gasteiger charge is -2.45. The highest BCUT2D eigenvalue weighted by atomic mass is 31.2. The Morgan fingerprint density at radius 1 is 1.00 bits per heavy atom. The van der Waals surface area contributed by atoms with Crippen LogP contribution in [0.5, 0.6) is 0 Å². The number of hydrazone groups is 1. The molecule has 2 aliphatic rings. The van der Waals surface area contributed by atoms with Gasteiger partial charge in [-0.05, 0) is 22.3 Å². The largest absolute Gasteiger partial charge is 0.533 e. The van der Waals surface area contributed by atoms with Crippen molar-refractivity contribution in [1.82, 2.24) is 5.20 Å². The van der Waals surface area contributed by atoms with Crippen molar-refractivity contribution in [2.24, 2.45) is 20.7 Å². The van der Waals surface area contributed by atoms with Crippen molar-refractivity contribution in [2.75, 3.05) is 6.16 Å². The van der Waals surface area contributed by atoms with Gasteiger partial charge in [-0.15, -0.1) is 15.3 Å². The van der Waals surface area contributed by atoms with Crippen LogP contribution in [0.25, 0.3) is 0 Å². The molecular formula is C27H36N4O2PSi+. The van der Waals surface area contributed by atoms with Gasteiger partial charge in [0.1, 0.15) is 11.9 Å². The molecule has 2 heterocycles. The van der Waals surface area contributed by atoms with Crippen molar-refractivity contribution in [3.63, 3.8) is 0 Å². The summed E-state index contributed by atoms with van der Waals surface area (Å²) >= 11 is 0. The van der Waals surface area contributed by atoms with Crippen molar-refractivity contribution in [1.29, 1.82) is 0 Å². The standard InChI is InChI=1S/C27H36N4O2PSi/c1-20-24-29-30-25(34(24,19-18-32)31-28-20)23(26(2,3)4)33-35(27(5,6)7,21-14-10-8-11-15-21)22-16-12-9-13-17-22/h8-18,24,31H,19H2,1-7H3/q+1/b25-23+. The molecule has 2 aliphatic heterocycles. The van der Waals surface area contributed by atoms with Gasteiger partial charge in [-0.25, -0.2) is 0 Å². The first-order chi connectivity index (χ1) is 16.5. The van der Waals surface area contributed by atoms with E-state index < -0.39 is 15.7 Å². The summed E-state index contributed by atoms with van der Waals surface area (Å²) in [6.07, 6.45) is 1.30.